The summed E-state index contributed by atoms with van der Waals surface area (Å²) in [5.41, 5.74) is 0.738. The normalized spacial score (nSPS) is 12.6. The number of hydrogen-bond acceptors (Lipinski definition) is 4. The van der Waals surface area contributed by atoms with Crippen LogP contribution in [-0.2, 0) is 18.5 Å². The fourth-order valence-electron chi connectivity index (χ4n) is 3.02. The average molecular weight is 568 g/mol. The van der Waals surface area contributed by atoms with Crippen LogP contribution in [0.5, 0.6) is 23.0 Å². The number of halogens is 13. The Hall–Kier alpha value is -4.05. The highest BCUT2D eigenvalue weighted by molar-refractivity contribution is 5.55. The predicted octanol–water partition coefficient (Wildman–Crippen LogP) is 8.05. The molecular weight excluding hydrogens is 559 g/mol. The molecule has 38 heavy (non-hydrogen) atoms. The molecule has 0 bridgehead atoms. The third-order valence-corrected chi connectivity index (χ3v) is 4.62. The van der Waals surface area contributed by atoms with Crippen molar-refractivity contribution in [3.05, 3.63) is 70.3 Å². The number of hydrogen-bond donors (Lipinski definition) is 2. The van der Waals surface area contributed by atoms with E-state index in [2.05, 4.69) is 9.47 Å². The first-order chi connectivity index (χ1) is 17.2. The van der Waals surface area contributed by atoms with Crippen molar-refractivity contribution in [3.63, 3.8) is 0 Å². The van der Waals surface area contributed by atoms with Gasteiger partial charge >= 0.3 is 18.5 Å². The van der Waals surface area contributed by atoms with Crippen LogP contribution in [-0.4, -0.2) is 0 Å². The molecule has 4 N–H and O–H groups in total. The summed E-state index contributed by atoms with van der Waals surface area (Å²) in [6.45, 7) is 0. The van der Waals surface area contributed by atoms with Crippen LogP contribution in [0.25, 0.3) is 0 Å². The van der Waals surface area contributed by atoms with Gasteiger partial charge in [0.1, 0.15) is 22.6 Å². The van der Waals surface area contributed by atoms with Gasteiger partial charge in [0.15, 0.2) is 34.8 Å². The van der Waals surface area contributed by atoms with Crippen LogP contribution in [0.4, 0.5) is 68.5 Å². The second-order valence-electron chi connectivity index (χ2n) is 7.32. The number of nitrogen functional groups attached to an aromatic ring is 2. The van der Waals surface area contributed by atoms with Crippen molar-refractivity contribution < 1.29 is 66.5 Å². The van der Waals surface area contributed by atoms with E-state index in [0.717, 1.165) is 0 Å². The van der Waals surface area contributed by atoms with Gasteiger partial charge in [-0.25, -0.2) is 17.6 Å². The Balaban J connectivity index is 2.16. The Kier molecular flexibility index (Phi) is 7.02. The molecule has 0 aliphatic heterocycles. The van der Waals surface area contributed by atoms with Gasteiger partial charge < -0.3 is 20.9 Å². The zero-order chi connectivity index (χ0) is 29.0. The molecule has 0 saturated carbocycles. The molecule has 0 atom stereocenters. The van der Waals surface area contributed by atoms with Crippen LogP contribution in [0, 0.1) is 23.3 Å². The number of benzene rings is 3. The molecule has 0 aliphatic rings. The SMILES string of the molecule is Nc1cc(Oc2cc(Oc3cc(N)c(F)c(C(F)(F)F)c3F)cc(C(F)(F)F)c2)c(F)c(C(F)(F)F)c1F. The summed E-state index contributed by atoms with van der Waals surface area (Å²) in [5.74, 6) is -14.6. The van der Waals surface area contributed by atoms with Crippen molar-refractivity contribution in [1.82, 2.24) is 0 Å². The van der Waals surface area contributed by atoms with Gasteiger partial charge in [0.2, 0.25) is 0 Å². The topological polar surface area (TPSA) is 70.5 Å². The standard InChI is InChI=1S/C21H9F13N2O2/c22-15-9(35)4-11(17(24)13(15)20(29,30)31)37-7-1-6(19(26,27)28)2-8(3-7)38-12-5-10(36)16(23)14(18(12)25)21(32,33)34/h1-5H,35-36H2. The summed E-state index contributed by atoms with van der Waals surface area (Å²) in [6.07, 6.45) is -16.6. The van der Waals surface area contributed by atoms with Crippen molar-refractivity contribution in [2.24, 2.45) is 0 Å². The lowest BCUT2D eigenvalue weighted by Gasteiger charge is -2.18. The van der Waals surface area contributed by atoms with E-state index in [1.54, 1.807) is 0 Å². The smallest absolute Gasteiger partial charge is 0.422 e. The van der Waals surface area contributed by atoms with Gasteiger partial charge in [-0.3, -0.25) is 0 Å². The molecule has 0 saturated heterocycles. The second-order valence-corrected chi connectivity index (χ2v) is 7.32. The van der Waals surface area contributed by atoms with Crippen LogP contribution >= 0.6 is 0 Å². The van der Waals surface area contributed by atoms with Crippen molar-refractivity contribution in [1.29, 1.82) is 0 Å². The van der Waals surface area contributed by atoms with Gasteiger partial charge in [-0.05, 0) is 12.1 Å². The van der Waals surface area contributed by atoms with Gasteiger partial charge in [-0.15, -0.1) is 0 Å². The van der Waals surface area contributed by atoms with Crippen molar-refractivity contribution in [2.75, 3.05) is 11.5 Å². The molecule has 3 aromatic rings. The van der Waals surface area contributed by atoms with E-state index in [4.69, 9.17) is 11.5 Å². The zero-order valence-electron chi connectivity index (χ0n) is 17.8. The monoisotopic (exact) mass is 568 g/mol. The number of rotatable bonds is 4. The Bertz CT molecular complexity index is 1300. The van der Waals surface area contributed by atoms with Gasteiger partial charge in [0.05, 0.1) is 16.9 Å². The molecule has 0 aromatic heterocycles. The van der Waals surface area contributed by atoms with Crippen LogP contribution in [0.1, 0.15) is 16.7 Å². The molecule has 0 unspecified atom stereocenters. The summed E-state index contributed by atoms with van der Waals surface area (Å²) < 4.78 is 184. The lowest BCUT2D eigenvalue weighted by molar-refractivity contribution is -0.143. The summed E-state index contributed by atoms with van der Waals surface area (Å²) in [5, 5.41) is 0. The van der Waals surface area contributed by atoms with E-state index in [0.29, 0.717) is 6.07 Å². The number of ether oxygens (including phenoxy) is 2. The minimum absolute atomic E-state index is 0.0929. The first-order valence-corrected chi connectivity index (χ1v) is 9.49. The van der Waals surface area contributed by atoms with Crippen LogP contribution in [0.2, 0.25) is 0 Å². The first kappa shape index (κ1) is 28.5. The summed E-state index contributed by atoms with van der Waals surface area (Å²) >= 11 is 0. The fraction of sp³-hybridized carbons (Fsp3) is 0.143. The maximum absolute atomic E-state index is 14.4. The highest BCUT2D eigenvalue weighted by Gasteiger charge is 2.42. The molecule has 0 heterocycles. The van der Waals surface area contributed by atoms with E-state index >= 15 is 0 Å². The quantitative estimate of drug-likeness (QED) is 0.247. The van der Waals surface area contributed by atoms with Gasteiger partial charge in [-0.1, -0.05) is 0 Å². The third-order valence-electron chi connectivity index (χ3n) is 4.62. The molecule has 0 aliphatic carbocycles. The maximum Gasteiger partial charge on any atom is 0.422 e. The molecule has 0 spiro atoms. The molecule has 17 heteroatoms. The second kappa shape index (κ2) is 9.36. The number of nitrogens with two attached hydrogens (primary N) is 2. The summed E-state index contributed by atoms with van der Waals surface area (Å²) in [7, 11) is 0. The highest BCUT2D eigenvalue weighted by atomic mass is 19.4. The Labute approximate surface area is 202 Å². The van der Waals surface area contributed by atoms with Crippen molar-refractivity contribution in [2.45, 2.75) is 18.5 Å². The molecule has 206 valence electrons. The number of alkyl halides is 9. The van der Waals surface area contributed by atoms with E-state index in [1.807, 2.05) is 0 Å². The molecule has 0 radical (unpaired) electrons. The van der Waals surface area contributed by atoms with Gasteiger partial charge in [-0.2, -0.15) is 39.5 Å². The van der Waals surface area contributed by atoms with Crippen molar-refractivity contribution >= 4 is 11.4 Å². The molecule has 0 fully saturated rings. The van der Waals surface area contributed by atoms with Crippen LogP contribution in [0.3, 0.4) is 0 Å². The minimum atomic E-state index is -5.65. The van der Waals surface area contributed by atoms with E-state index < -0.39 is 92.9 Å². The van der Waals surface area contributed by atoms with Gasteiger partial charge in [0.25, 0.3) is 0 Å². The molecule has 3 aromatic carbocycles. The first-order valence-electron chi connectivity index (χ1n) is 9.49. The third kappa shape index (κ3) is 5.60. The zero-order valence-corrected chi connectivity index (χ0v) is 17.8. The Morgan fingerprint density at radius 3 is 1.11 bits per heavy atom. The number of anilines is 2. The van der Waals surface area contributed by atoms with E-state index in [9.17, 15) is 57.1 Å². The summed E-state index contributed by atoms with van der Waals surface area (Å²) in [6, 6.07) is 0.909. The maximum atomic E-state index is 14.4. The average Bonchev–Trinajstić information content (AvgIpc) is 2.73. The molecule has 0 amide bonds. The van der Waals surface area contributed by atoms with Gasteiger partial charge in [0, 0.05) is 18.2 Å². The van der Waals surface area contributed by atoms with Crippen molar-refractivity contribution in [3.8, 4) is 23.0 Å². The van der Waals surface area contributed by atoms with Crippen LogP contribution < -0.4 is 20.9 Å². The predicted molar refractivity (Wildman–Crippen MR) is 103 cm³/mol. The van der Waals surface area contributed by atoms with E-state index in [1.165, 1.54) is 0 Å². The summed E-state index contributed by atoms with van der Waals surface area (Å²) in [4.78, 5) is 0. The molecule has 4 nitrogen and oxygen atoms in total. The molecule has 3 rings (SSSR count). The highest BCUT2D eigenvalue weighted by Crippen LogP contribution is 2.44. The Morgan fingerprint density at radius 1 is 0.474 bits per heavy atom. The fourth-order valence-corrected chi connectivity index (χ4v) is 3.02. The largest absolute Gasteiger partial charge is 0.454 e. The lowest BCUT2D eigenvalue weighted by Crippen LogP contribution is -2.14. The lowest BCUT2D eigenvalue weighted by atomic mass is 10.1. The van der Waals surface area contributed by atoms with Crippen LogP contribution in [0.15, 0.2) is 30.3 Å². The molecular formula is C21H9F13N2O2. The van der Waals surface area contributed by atoms with E-state index in [-0.39, 0.29) is 24.3 Å². The minimum Gasteiger partial charge on any atom is -0.454 e. The Morgan fingerprint density at radius 2 is 0.816 bits per heavy atom.